The van der Waals surface area contributed by atoms with E-state index in [-0.39, 0.29) is 23.9 Å². The summed E-state index contributed by atoms with van der Waals surface area (Å²) in [4.78, 5) is 12.0. The van der Waals surface area contributed by atoms with Crippen LogP contribution >= 0.6 is 12.4 Å². The first-order chi connectivity index (χ1) is 9.61. The summed E-state index contributed by atoms with van der Waals surface area (Å²) in [7, 11) is 1.63. The first-order valence-corrected chi connectivity index (χ1v) is 7.30. The van der Waals surface area contributed by atoms with Gasteiger partial charge in [0.1, 0.15) is 5.75 Å². The first-order valence-electron chi connectivity index (χ1n) is 7.30. The SMILES string of the molecule is COc1ccc(CC(=O)NCC2(N)CCCCC2)cc1.Cl. The highest BCUT2D eigenvalue weighted by Crippen LogP contribution is 2.25. The van der Waals surface area contributed by atoms with Crippen molar-refractivity contribution in [2.45, 2.75) is 44.1 Å². The topological polar surface area (TPSA) is 64.3 Å². The highest BCUT2D eigenvalue weighted by molar-refractivity contribution is 5.85. The predicted octanol–water partition coefficient (Wildman–Crippen LogP) is 2.44. The smallest absolute Gasteiger partial charge is 0.224 e. The molecule has 1 amide bonds. The highest BCUT2D eigenvalue weighted by atomic mass is 35.5. The number of benzene rings is 1. The molecule has 0 aromatic heterocycles. The molecule has 1 aromatic rings. The van der Waals surface area contributed by atoms with Crippen LogP contribution in [0.15, 0.2) is 24.3 Å². The molecular weight excluding hydrogens is 288 g/mol. The van der Waals surface area contributed by atoms with Crippen LogP contribution < -0.4 is 15.8 Å². The third-order valence-electron chi connectivity index (χ3n) is 4.01. The fourth-order valence-electron chi connectivity index (χ4n) is 2.70. The summed E-state index contributed by atoms with van der Waals surface area (Å²) in [6.07, 6.45) is 6.01. The van der Waals surface area contributed by atoms with Gasteiger partial charge in [0.25, 0.3) is 0 Å². The maximum Gasteiger partial charge on any atom is 0.224 e. The monoisotopic (exact) mass is 312 g/mol. The summed E-state index contributed by atoms with van der Waals surface area (Å²) >= 11 is 0. The van der Waals surface area contributed by atoms with E-state index in [1.165, 1.54) is 19.3 Å². The molecule has 0 unspecified atom stereocenters. The lowest BCUT2D eigenvalue weighted by Gasteiger charge is -2.33. The number of carbonyl (C=O) groups excluding carboxylic acids is 1. The Morgan fingerprint density at radius 1 is 1.24 bits per heavy atom. The standard InChI is InChI=1S/C16H24N2O2.ClH/c1-20-14-7-5-13(6-8-14)11-15(19)18-12-16(17)9-3-2-4-10-16;/h5-8H,2-4,9-12,17H2,1H3,(H,18,19);1H. The van der Waals surface area contributed by atoms with Crippen LogP contribution in [0, 0.1) is 0 Å². The molecule has 1 fully saturated rings. The lowest BCUT2D eigenvalue weighted by atomic mass is 9.82. The van der Waals surface area contributed by atoms with E-state index in [0.717, 1.165) is 24.2 Å². The maximum absolute atomic E-state index is 12.0. The van der Waals surface area contributed by atoms with E-state index < -0.39 is 0 Å². The molecular formula is C16H25ClN2O2. The molecule has 0 heterocycles. The van der Waals surface area contributed by atoms with E-state index in [1.54, 1.807) is 7.11 Å². The Hall–Kier alpha value is -1.26. The minimum absolute atomic E-state index is 0. The minimum atomic E-state index is -0.201. The summed E-state index contributed by atoms with van der Waals surface area (Å²) in [6, 6.07) is 7.57. The second-order valence-electron chi connectivity index (χ2n) is 5.72. The van der Waals surface area contributed by atoms with Crippen LogP contribution in [0.5, 0.6) is 5.75 Å². The molecule has 1 aliphatic rings. The second kappa shape index (κ2) is 8.25. The average molecular weight is 313 g/mol. The number of hydrogen-bond donors (Lipinski definition) is 2. The normalized spacial score (nSPS) is 16.7. The quantitative estimate of drug-likeness (QED) is 0.877. The molecule has 0 saturated heterocycles. The van der Waals surface area contributed by atoms with E-state index in [1.807, 2.05) is 24.3 Å². The van der Waals surface area contributed by atoms with E-state index in [4.69, 9.17) is 10.5 Å². The third-order valence-corrected chi connectivity index (χ3v) is 4.01. The van der Waals surface area contributed by atoms with Gasteiger partial charge in [0.15, 0.2) is 0 Å². The van der Waals surface area contributed by atoms with Gasteiger partial charge in [-0.1, -0.05) is 31.4 Å². The van der Waals surface area contributed by atoms with Crippen molar-refractivity contribution >= 4 is 18.3 Å². The van der Waals surface area contributed by atoms with Crippen molar-refractivity contribution in [3.8, 4) is 5.75 Å². The van der Waals surface area contributed by atoms with Crippen LogP contribution in [0.1, 0.15) is 37.7 Å². The van der Waals surface area contributed by atoms with Crippen LogP contribution in [-0.4, -0.2) is 25.1 Å². The first kappa shape index (κ1) is 17.8. The Morgan fingerprint density at radius 3 is 2.43 bits per heavy atom. The van der Waals surface area contributed by atoms with Gasteiger partial charge in [0, 0.05) is 12.1 Å². The fraction of sp³-hybridized carbons (Fsp3) is 0.562. The van der Waals surface area contributed by atoms with Gasteiger partial charge in [0.2, 0.25) is 5.91 Å². The lowest BCUT2D eigenvalue weighted by molar-refractivity contribution is -0.120. The summed E-state index contributed by atoms with van der Waals surface area (Å²) < 4.78 is 5.10. The molecule has 1 aromatic carbocycles. The van der Waals surface area contributed by atoms with Gasteiger partial charge < -0.3 is 15.8 Å². The molecule has 4 nitrogen and oxygen atoms in total. The van der Waals surface area contributed by atoms with Crippen molar-refractivity contribution in [1.29, 1.82) is 0 Å². The lowest BCUT2D eigenvalue weighted by Crippen LogP contribution is -2.51. The molecule has 1 saturated carbocycles. The minimum Gasteiger partial charge on any atom is -0.497 e. The largest absolute Gasteiger partial charge is 0.497 e. The van der Waals surface area contributed by atoms with Crippen molar-refractivity contribution in [2.24, 2.45) is 5.73 Å². The molecule has 118 valence electrons. The molecule has 0 radical (unpaired) electrons. The van der Waals surface area contributed by atoms with Gasteiger partial charge in [-0.05, 0) is 30.5 Å². The number of rotatable bonds is 5. The van der Waals surface area contributed by atoms with Gasteiger partial charge in [-0.2, -0.15) is 0 Å². The zero-order valence-electron chi connectivity index (χ0n) is 12.6. The van der Waals surface area contributed by atoms with Gasteiger partial charge in [-0.25, -0.2) is 0 Å². The van der Waals surface area contributed by atoms with Crippen molar-refractivity contribution in [2.75, 3.05) is 13.7 Å². The number of halogens is 1. The van der Waals surface area contributed by atoms with Gasteiger partial charge in [-0.3, -0.25) is 4.79 Å². The number of hydrogen-bond acceptors (Lipinski definition) is 3. The Labute approximate surface area is 132 Å². The van der Waals surface area contributed by atoms with Crippen LogP contribution in [-0.2, 0) is 11.2 Å². The highest BCUT2D eigenvalue weighted by Gasteiger charge is 2.27. The summed E-state index contributed by atoms with van der Waals surface area (Å²) in [5.74, 6) is 0.836. The second-order valence-corrected chi connectivity index (χ2v) is 5.72. The fourth-order valence-corrected chi connectivity index (χ4v) is 2.70. The van der Waals surface area contributed by atoms with Crippen LogP contribution in [0.25, 0.3) is 0 Å². The average Bonchev–Trinajstić information content (AvgIpc) is 2.47. The van der Waals surface area contributed by atoms with Crippen LogP contribution in [0.4, 0.5) is 0 Å². The molecule has 0 aliphatic heterocycles. The zero-order valence-corrected chi connectivity index (χ0v) is 13.4. The van der Waals surface area contributed by atoms with Crippen LogP contribution in [0.2, 0.25) is 0 Å². The van der Waals surface area contributed by atoms with Crippen molar-refractivity contribution < 1.29 is 9.53 Å². The summed E-state index contributed by atoms with van der Waals surface area (Å²) in [5, 5.41) is 2.97. The van der Waals surface area contributed by atoms with Crippen molar-refractivity contribution in [1.82, 2.24) is 5.32 Å². The Bertz CT molecular complexity index is 442. The summed E-state index contributed by atoms with van der Waals surface area (Å²) in [6.45, 7) is 0.585. The number of ether oxygens (including phenoxy) is 1. The van der Waals surface area contributed by atoms with Crippen molar-refractivity contribution in [3.05, 3.63) is 29.8 Å². The molecule has 2 rings (SSSR count). The van der Waals surface area contributed by atoms with E-state index in [0.29, 0.717) is 13.0 Å². The molecule has 3 N–H and O–H groups in total. The van der Waals surface area contributed by atoms with Gasteiger partial charge in [-0.15, -0.1) is 12.4 Å². The third kappa shape index (κ3) is 5.56. The van der Waals surface area contributed by atoms with E-state index >= 15 is 0 Å². The van der Waals surface area contributed by atoms with E-state index in [9.17, 15) is 4.79 Å². The Morgan fingerprint density at radius 2 is 1.86 bits per heavy atom. The number of carbonyl (C=O) groups is 1. The molecule has 1 aliphatic carbocycles. The summed E-state index contributed by atoms with van der Waals surface area (Å²) in [5.41, 5.74) is 7.09. The Kier molecular flexibility index (Phi) is 6.99. The van der Waals surface area contributed by atoms with Crippen LogP contribution in [0.3, 0.4) is 0 Å². The number of amides is 1. The number of nitrogens with two attached hydrogens (primary N) is 1. The zero-order chi connectivity index (χ0) is 14.4. The predicted molar refractivity (Wildman–Crippen MR) is 87.0 cm³/mol. The van der Waals surface area contributed by atoms with Gasteiger partial charge in [0.05, 0.1) is 13.5 Å². The van der Waals surface area contributed by atoms with E-state index in [2.05, 4.69) is 5.32 Å². The maximum atomic E-state index is 12.0. The molecule has 5 heteroatoms. The molecule has 0 bridgehead atoms. The number of nitrogens with one attached hydrogen (secondary N) is 1. The Balaban J connectivity index is 0.00000220. The molecule has 21 heavy (non-hydrogen) atoms. The van der Waals surface area contributed by atoms with Crippen molar-refractivity contribution in [3.63, 3.8) is 0 Å². The molecule has 0 spiro atoms. The van der Waals surface area contributed by atoms with Gasteiger partial charge >= 0.3 is 0 Å². The number of methoxy groups -OCH3 is 1. The molecule has 0 atom stereocenters.